The van der Waals surface area contributed by atoms with Crippen molar-refractivity contribution in [3.05, 3.63) is 47.9 Å². The topological polar surface area (TPSA) is 95.7 Å². The van der Waals surface area contributed by atoms with Crippen LogP contribution in [0.25, 0.3) is 0 Å². The molecule has 0 radical (unpaired) electrons. The first-order valence-corrected chi connectivity index (χ1v) is 13.0. The number of nitrogen functional groups attached to an aromatic ring is 1. The molecule has 5 rings (SSSR count). The summed E-state index contributed by atoms with van der Waals surface area (Å²) < 4.78 is 5.71. The third kappa shape index (κ3) is 4.87. The van der Waals surface area contributed by atoms with Crippen LogP contribution in [-0.4, -0.2) is 67.7 Å². The Morgan fingerprint density at radius 3 is 2.59 bits per heavy atom. The Hall–Kier alpha value is -3.59. The maximum Gasteiger partial charge on any atom is 0.229 e. The SMILES string of the molecule is COc1cc(N(C)CCN(C)C)c(N)cc1Nc1nccc(N2CC3(CCCC3)c3nc(C)ccc32)n1. The van der Waals surface area contributed by atoms with Crippen LogP contribution in [-0.2, 0) is 5.41 Å². The molecule has 9 heteroatoms. The van der Waals surface area contributed by atoms with Gasteiger partial charge in [0.15, 0.2) is 0 Å². The number of likely N-dealkylation sites (N-methyl/N-ethyl adjacent to an activating group) is 2. The molecule has 2 aliphatic rings. The number of rotatable bonds is 8. The highest BCUT2D eigenvalue weighted by atomic mass is 16.5. The molecule has 1 aliphatic carbocycles. The summed E-state index contributed by atoms with van der Waals surface area (Å²) in [6.07, 6.45) is 6.65. The molecule has 3 aromatic rings. The highest BCUT2D eigenvalue weighted by molar-refractivity contribution is 5.79. The predicted molar refractivity (Wildman–Crippen MR) is 151 cm³/mol. The molecule has 9 nitrogen and oxygen atoms in total. The van der Waals surface area contributed by atoms with E-state index in [9.17, 15) is 0 Å². The van der Waals surface area contributed by atoms with Crippen molar-refractivity contribution >= 4 is 34.5 Å². The van der Waals surface area contributed by atoms with Crippen molar-refractivity contribution in [3.8, 4) is 5.75 Å². The molecule has 0 unspecified atom stereocenters. The zero-order valence-corrected chi connectivity index (χ0v) is 22.6. The molecular formula is C28H38N8O. The van der Waals surface area contributed by atoms with Crippen molar-refractivity contribution in [3.63, 3.8) is 0 Å². The lowest BCUT2D eigenvalue weighted by Crippen LogP contribution is -2.29. The summed E-state index contributed by atoms with van der Waals surface area (Å²) in [6.45, 7) is 4.75. The molecule has 196 valence electrons. The number of aromatic nitrogens is 3. The number of aryl methyl sites for hydroxylation is 1. The first kappa shape index (κ1) is 25.1. The van der Waals surface area contributed by atoms with Crippen LogP contribution in [0.15, 0.2) is 36.5 Å². The minimum atomic E-state index is 0.117. The lowest BCUT2D eigenvalue weighted by atomic mass is 9.84. The normalized spacial score (nSPS) is 15.9. The van der Waals surface area contributed by atoms with Gasteiger partial charge in [-0.05, 0) is 58.1 Å². The Morgan fingerprint density at radius 2 is 1.86 bits per heavy atom. The van der Waals surface area contributed by atoms with Crippen molar-refractivity contribution in [2.75, 3.05) is 68.7 Å². The average Bonchev–Trinajstić information content (AvgIpc) is 3.48. The molecule has 0 saturated heterocycles. The number of benzene rings is 1. The molecule has 1 aromatic carbocycles. The lowest BCUT2D eigenvalue weighted by molar-refractivity contribution is 0.413. The molecule has 3 heterocycles. The van der Waals surface area contributed by atoms with Gasteiger partial charge in [-0.3, -0.25) is 4.98 Å². The second kappa shape index (κ2) is 10.0. The Balaban J connectivity index is 1.42. The van der Waals surface area contributed by atoms with Gasteiger partial charge in [0.1, 0.15) is 11.6 Å². The second-order valence-electron chi connectivity index (χ2n) is 10.6. The fraction of sp³-hybridized carbons (Fsp3) is 0.464. The number of hydrogen-bond donors (Lipinski definition) is 2. The largest absolute Gasteiger partial charge is 0.494 e. The highest BCUT2D eigenvalue weighted by Crippen LogP contribution is 2.51. The molecule has 0 amide bonds. The fourth-order valence-electron chi connectivity index (χ4n) is 5.60. The van der Waals surface area contributed by atoms with E-state index >= 15 is 0 Å². The van der Waals surface area contributed by atoms with Crippen molar-refractivity contribution in [2.45, 2.75) is 38.0 Å². The van der Waals surface area contributed by atoms with Gasteiger partial charge < -0.3 is 30.5 Å². The number of pyridine rings is 1. The highest BCUT2D eigenvalue weighted by Gasteiger charge is 2.46. The number of nitrogens with zero attached hydrogens (tertiary/aromatic N) is 6. The van der Waals surface area contributed by atoms with Crippen molar-refractivity contribution in [1.29, 1.82) is 0 Å². The Labute approximate surface area is 219 Å². The van der Waals surface area contributed by atoms with E-state index < -0.39 is 0 Å². The first-order valence-electron chi connectivity index (χ1n) is 13.0. The Morgan fingerprint density at radius 1 is 1.08 bits per heavy atom. The van der Waals surface area contributed by atoms with Crippen LogP contribution in [0.5, 0.6) is 5.75 Å². The van der Waals surface area contributed by atoms with Gasteiger partial charge in [-0.1, -0.05) is 12.8 Å². The van der Waals surface area contributed by atoms with Gasteiger partial charge in [0, 0.05) is 50.1 Å². The predicted octanol–water partition coefficient (Wildman–Crippen LogP) is 4.48. The number of methoxy groups -OCH3 is 1. The van der Waals surface area contributed by atoms with Gasteiger partial charge in [0.25, 0.3) is 0 Å². The van der Waals surface area contributed by atoms with Gasteiger partial charge in [0.2, 0.25) is 5.95 Å². The van der Waals surface area contributed by atoms with Crippen LogP contribution in [0.1, 0.15) is 37.1 Å². The van der Waals surface area contributed by atoms with E-state index in [1.165, 1.54) is 31.4 Å². The summed E-state index contributed by atoms with van der Waals surface area (Å²) >= 11 is 0. The quantitative estimate of drug-likeness (QED) is 0.432. The summed E-state index contributed by atoms with van der Waals surface area (Å²) in [5.41, 5.74) is 12.3. The van der Waals surface area contributed by atoms with E-state index in [1.54, 1.807) is 13.3 Å². The molecule has 1 aliphatic heterocycles. The van der Waals surface area contributed by atoms with Gasteiger partial charge in [-0.15, -0.1) is 0 Å². The van der Waals surface area contributed by atoms with Crippen molar-refractivity contribution in [1.82, 2.24) is 19.9 Å². The van der Waals surface area contributed by atoms with Gasteiger partial charge in [-0.2, -0.15) is 4.98 Å². The summed E-state index contributed by atoms with van der Waals surface area (Å²) in [5.74, 6) is 2.05. The van der Waals surface area contributed by atoms with Crippen LogP contribution in [0.4, 0.5) is 34.5 Å². The molecular weight excluding hydrogens is 464 g/mol. The molecule has 1 spiro atoms. The smallest absolute Gasteiger partial charge is 0.229 e. The first-order chi connectivity index (χ1) is 17.8. The molecule has 0 bridgehead atoms. The molecule has 3 N–H and O–H groups in total. The number of nitrogens with two attached hydrogens (primary N) is 1. The molecule has 2 aromatic heterocycles. The van der Waals surface area contributed by atoms with E-state index in [-0.39, 0.29) is 5.41 Å². The van der Waals surface area contributed by atoms with E-state index in [2.05, 4.69) is 58.2 Å². The van der Waals surface area contributed by atoms with Crippen LogP contribution in [0.2, 0.25) is 0 Å². The lowest BCUT2D eigenvalue weighted by Gasteiger charge is -2.25. The Bertz CT molecular complexity index is 1270. The van der Waals surface area contributed by atoms with Crippen LogP contribution in [0.3, 0.4) is 0 Å². The maximum absolute atomic E-state index is 6.46. The van der Waals surface area contributed by atoms with Gasteiger partial charge >= 0.3 is 0 Å². The van der Waals surface area contributed by atoms with Gasteiger partial charge in [0.05, 0.1) is 35.6 Å². The number of nitrogens with one attached hydrogen (secondary N) is 1. The summed E-state index contributed by atoms with van der Waals surface area (Å²) in [5, 5.41) is 3.34. The number of ether oxygens (including phenoxy) is 1. The van der Waals surface area contributed by atoms with E-state index in [0.29, 0.717) is 17.4 Å². The zero-order valence-electron chi connectivity index (χ0n) is 22.6. The van der Waals surface area contributed by atoms with E-state index in [4.69, 9.17) is 20.4 Å². The molecule has 37 heavy (non-hydrogen) atoms. The minimum absolute atomic E-state index is 0.117. The molecule has 1 saturated carbocycles. The van der Waals surface area contributed by atoms with Crippen molar-refractivity contribution < 1.29 is 4.74 Å². The standard InChI is InChI=1S/C28H38N8O/c1-19-8-9-22-26(31-19)28(11-6-7-12-28)18-36(22)25-10-13-30-27(33-25)32-21-16-20(29)23(17-24(21)37-5)35(4)15-14-34(2)3/h8-10,13,16-17H,6-7,11-12,14-15,18,29H2,1-5H3,(H,30,32,33). The molecule has 1 fully saturated rings. The number of hydrogen-bond acceptors (Lipinski definition) is 9. The number of anilines is 6. The maximum atomic E-state index is 6.46. The summed E-state index contributed by atoms with van der Waals surface area (Å²) in [6, 6.07) is 10.1. The third-order valence-corrected chi connectivity index (χ3v) is 7.63. The summed E-state index contributed by atoms with van der Waals surface area (Å²) in [4.78, 5) is 21.0. The number of fused-ring (bicyclic) bond motifs is 2. The monoisotopic (exact) mass is 502 g/mol. The minimum Gasteiger partial charge on any atom is -0.494 e. The summed E-state index contributed by atoms with van der Waals surface area (Å²) in [7, 11) is 7.82. The van der Waals surface area contributed by atoms with Gasteiger partial charge in [-0.25, -0.2) is 4.98 Å². The van der Waals surface area contributed by atoms with E-state index in [1.807, 2.05) is 25.2 Å². The zero-order chi connectivity index (χ0) is 26.2. The van der Waals surface area contributed by atoms with Crippen LogP contribution < -0.4 is 25.6 Å². The van der Waals surface area contributed by atoms with E-state index in [0.717, 1.165) is 48.2 Å². The average molecular weight is 503 g/mol. The second-order valence-corrected chi connectivity index (χ2v) is 10.6. The Kier molecular flexibility index (Phi) is 6.81. The van der Waals surface area contributed by atoms with Crippen LogP contribution in [0, 0.1) is 6.92 Å². The fourth-order valence-corrected chi connectivity index (χ4v) is 5.60. The van der Waals surface area contributed by atoms with Crippen molar-refractivity contribution in [2.24, 2.45) is 0 Å². The molecule has 0 atom stereocenters. The van der Waals surface area contributed by atoms with Crippen LogP contribution >= 0.6 is 0 Å². The third-order valence-electron chi connectivity index (χ3n) is 7.63.